The second-order valence-electron chi connectivity index (χ2n) is 7.45. The van der Waals surface area contributed by atoms with Crippen LogP contribution in [0.2, 0.25) is 0 Å². The smallest absolute Gasteiger partial charge is 0.420 e. The lowest BCUT2D eigenvalue weighted by atomic mass is 10.2. The van der Waals surface area contributed by atoms with E-state index in [1.807, 2.05) is 0 Å². The Labute approximate surface area is 191 Å². The highest BCUT2D eigenvalue weighted by molar-refractivity contribution is 5.96. The van der Waals surface area contributed by atoms with Crippen molar-refractivity contribution in [3.8, 4) is 5.75 Å². The van der Waals surface area contributed by atoms with E-state index in [1.54, 1.807) is 6.92 Å². The van der Waals surface area contributed by atoms with Crippen LogP contribution in [0.25, 0.3) is 5.65 Å². The first-order valence-electron chi connectivity index (χ1n) is 10.3. The minimum Gasteiger partial charge on any atom is -0.485 e. The van der Waals surface area contributed by atoms with Crippen LogP contribution in [-0.4, -0.2) is 32.7 Å². The first-order valence-corrected chi connectivity index (χ1v) is 10.3. The Morgan fingerprint density at radius 1 is 1.24 bits per heavy atom. The van der Waals surface area contributed by atoms with Gasteiger partial charge in [0.15, 0.2) is 17.5 Å². The topological polar surface area (TPSA) is 75.9 Å². The van der Waals surface area contributed by atoms with Crippen molar-refractivity contribution in [1.29, 1.82) is 0 Å². The summed E-state index contributed by atoms with van der Waals surface area (Å²) in [6.07, 6.45) is -4.56. The zero-order chi connectivity index (χ0) is 25.0. The number of ether oxygens (including phenoxy) is 1. The largest absolute Gasteiger partial charge is 0.485 e. The summed E-state index contributed by atoms with van der Waals surface area (Å²) in [7, 11) is 0. The Hall–Kier alpha value is -3.47. The third-order valence-electron chi connectivity index (χ3n) is 4.95. The lowest BCUT2D eigenvalue weighted by Crippen LogP contribution is -2.39. The van der Waals surface area contributed by atoms with Crippen molar-refractivity contribution >= 4 is 11.6 Å². The summed E-state index contributed by atoms with van der Waals surface area (Å²) in [5.74, 6) is -2.40. The van der Waals surface area contributed by atoms with Crippen molar-refractivity contribution in [1.82, 2.24) is 14.7 Å². The number of pyridine rings is 1. The van der Waals surface area contributed by atoms with E-state index in [-0.39, 0.29) is 34.8 Å². The van der Waals surface area contributed by atoms with E-state index in [1.165, 1.54) is 35.7 Å². The molecule has 1 amide bonds. The number of fused-ring (bicyclic) bond motifs is 1. The summed E-state index contributed by atoms with van der Waals surface area (Å²) in [6, 6.07) is 6.35. The highest BCUT2D eigenvalue weighted by Gasteiger charge is 2.41. The van der Waals surface area contributed by atoms with E-state index < -0.39 is 42.1 Å². The summed E-state index contributed by atoms with van der Waals surface area (Å²) >= 11 is 0. The van der Waals surface area contributed by atoms with Gasteiger partial charge >= 0.3 is 6.18 Å². The van der Waals surface area contributed by atoms with Gasteiger partial charge in [0.05, 0.1) is 17.0 Å². The maximum Gasteiger partial charge on any atom is 0.420 e. The molecule has 0 bridgehead atoms. The molecule has 182 valence electrons. The quantitative estimate of drug-likeness (QED) is 0.450. The molecule has 6 nitrogen and oxygen atoms in total. The van der Waals surface area contributed by atoms with Crippen LogP contribution in [0.5, 0.6) is 5.75 Å². The van der Waals surface area contributed by atoms with Crippen LogP contribution in [0.3, 0.4) is 0 Å². The van der Waals surface area contributed by atoms with Gasteiger partial charge in [-0.15, -0.1) is 0 Å². The second kappa shape index (κ2) is 10.2. The fourth-order valence-corrected chi connectivity index (χ4v) is 3.26. The van der Waals surface area contributed by atoms with E-state index in [4.69, 9.17) is 4.74 Å². The molecule has 0 radical (unpaired) electrons. The third kappa shape index (κ3) is 5.36. The van der Waals surface area contributed by atoms with Crippen molar-refractivity contribution in [2.24, 2.45) is 0 Å². The highest BCUT2D eigenvalue weighted by atomic mass is 19.4. The number of carbonyl (C=O) groups excluding carboxylic acids is 1. The van der Waals surface area contributed by atoms with Crippen LogP contribution in [0, 0.1) is 18.6 Å². The molecule has 0 aliphatic carbocycles. The predicted octanol–water partition coefficient (Wildman–Crippen LogP) is 4.84. The molecule has 0 fully saturated rings. The Kier molecular flexibility index (Phi) is 7.55. The standard InChI is InChI=1S/C23H22F5N3O3/c1-3-4-9-17(20(32)23(26,27)28)30-22(33)19-13(2)29-21-18(10-6-11-31(19)21)34-12-14-15(24)7-5-8-16(14)25/h5-11,20,32H,3-4,12H2,1-2H3,(H,30,33)/b17-9-. The number of nitrogens with zero attached hydrogens (tertiary/aromatic N) is 2. The number of alkyl halides is 3. The number of amides is 1. The third-order valence-corrected chi connectivity index (χ3v) is 4.95. The van der Waals surface area contributed by atoms with Gasteiger partial charge in [-0.25, -0.2) is 13.8 Å². The van der Waals surface area contributed by atoms with Gasteiger partial charge < -0.3 is 15.2 Å². The Balaban J connectivity index is 1.91. The molecule has 1 aromatic carbocycles. The number of aryl methyl sites for hydroxylation is 1. The zero-order valence-corrected chi connectivity index (χ0v) is 18.3. The number of unbranched alkanes of at least 4 members (excludes halogenated alkanes) is 1. The second-order valence-corrected chi connectivity index (χ2v) is 7.45. The highest BCUT2D eigenvalue weighted by Crippen LogP contribution is 2.27. The van der Waals surface area contributed by atoms with E-state index in [9.17, 15) is 31.9 Å². The van der Waals surface area contributed by atoms with Gasteiger partial charge in [-0.05, 0) is 37.6 Å². The van der Waals surface area contributed by atoms with Crippen LogP contribution in [0.15, 0.2) is 48.3 Å². The average molecular weight is 483 g/mol. The van der Waals surface area contributed by atoms with Crippen molar-refractivity contribution in [2.75, 3.05) is 0 Å². The fourth-order valence-electron chi connectivity index (χ4n) is 3.26. The number of hydrogen-bond acceptors (Lipinski definition) is 4. The first-order chi connectivity index (χ1) is 16.0. The predicted molar refractivity (Wildman–Crippen MR) is 113 cm³/mol. The Bertz CT molecular complexity index is 1200. The molecule has 2 N–H and O–H groups in total. The van der Waals surface area contributed by atoms with Crippen molar-refractivity contribution in [3.63, 3.8) is 0 Å². The lowest BCUT2D eigenvalue weighted by molar-refractivity contribution is -0.192. The normalized spacial score (nSPS) is 13.2. The molecule has 2 heterocycles. The lowest BCUT2D eigenvalue weighted by Gasteiger charge is -2.19. The molecule has 1 unspecified atom stereocenters. The molecule has 34 heavy (non-hydrogen) atoms. The molecule has 0 aliphatic heterocycles. The number of carbonyl (C=O) groups is 1. The first kappa shape index (κ1) is 25.2. The van der Waals surface area contributed by atoms with Crippen LogP contribution in [0.4, 0.5) is 22.0 Å². The number of aliphatic hydroxyl groups excluding tert-OH is 1. The maximum absolute atomic E-state index is 13.9. The Morgan fingerprint density at radius 2 is 1.91 bits per heavy atom. The van der Waals surface area contributed by atoms with Crippen molar-refractivity contribution in [3.05, 3.63) is 76.9 Å². The molecule has 0 saturated carbocycles. The van der Waals surface area contributed by atoms with Gasteiger partial charge in [0.25, 0.3) is 5.91 Å². The number of aliphatic hydroxyl groups is 1. The van der Waals surface area contributed by atoms with Crippen molar-refractivity contribution < 1.29 is 36.6 Å². The van der Waals surface area contributed by atoms with E-state index in [0.717, 1.165) is 18.2 Å². The van der Waals surface area contributed by atoms with Gasteiger partial charge in [-0.1, -0.05) is 25.5 Å². The number of benzene rings is 1. The molecule has 3 aromatic rings. The van der Waals surface area contributed by atoms with Gasteiger partial charge in [0, 0.05) is 6.20 Å². The van der Waals surface area contributed by atoms with E-state index in [2.05, 4.69) is 10.3 Å². The molecular formula is C23H22F5N3O3. The van der Waals surface area contributed by atoms with Crippen LogP contribution >= 0.6 is 0 Å². The van der Waals surface area contributed by atoms with Gasteiger partial charge in [0.1, 0.15) is 23.9 Å². The molecule has 11 heteroatoms. The van der Waals surface area contributed by atoms with Gasteiger partial charge in [-0.2, -0.15) is 13.2 Å². The minimum atomic E-state index is -4.97. The monoisotopic (exact) mass is 483 g/mol. The van der Waals surface area contributed by atoms with Gasteiger partial charge in [0.2, 0.25) is 0 Å². The number of imidazole rings is 1. The average Bonchev–Trinajstić information content (AvgIpc) is 3.11. The Morgan fingerprint density at radius 3 is 2.53 bits per heavy atom. The number of rotatable bonds is 8. The maximum atomic E-state index is 13.9. The van der Waals surface area contributed by atoms with Crippen LogP contribution < -0.4 is 10.1 Å². The van der Waals surface area contributed by atoms with Crippen LogP contribution in [0.1, 0.15) is 41.5 Å². The molecule has 0 spiro atoms. The molecule has 0 saturated heterocycles. The molecule has 2 aromatic heterocycles. The SMILES string of the molecule is CCC/C=C(\NC(=O)c1c(C)nc2c(OCc3c(F)cccc3F)cccn12)C(O)C(F)(F)F. The molecule has 3 rings (SSSR count). The molecule has 0 aliphatic rings. The number of halogens is 5. The summed E-state index contributed by atoms with van der Waals surface area (Å²) in [6.45, 7) is 2.75. The number of allylic oxidation sites excluding steroid dienone is 1. The fraction of sp³-hybridized carbons (Fsp3) is 0.304. The van der Waals surface area contributed by atoms with E-state index in [0.29, 0.717) is 6.42 Å². The summed E-state index contributed by atoms with van der Waals surface area (Å²) in [5, 5.41) is 11.8. The molecule has 1 atom stereocenters. The number of aromatic nitrogens is 2. The van der Waals surface area contributed by atoms with E-state index >= 15 is 0 Å². The van der Waals surface area contributed by atoms with Crippen LogP contribution in [-0.2, 0) is 6.61 Å². The zero-order valence-electron chi connectivity index (χ0n) is 18.3. The summed E-state index contributed by atoms with van der Waals surface area (Å²) in [4.78, 5) is 17.1. The molecular weight excluding hydrogens is 461 g/mol. The van der Waals surface area contributed by atoms with Gasteiger partial charge in [-0.3, -0.25) is 9.20 Å². The number of hydrogen-bond donors (Lipinski definition) is 2. The summed E-state index contributed by atoms with van der Waals surface area (Å²) < 4.78 is 73.8. The van der Waals surface area contributed by atoms with Crippen molar-refractivity contribution in [2.45, 2.75) is 45.6 Å². The summed E-state index contributed by atoms with van der Waals surface area (Å²) in [5.41, 5.74) is -0.776. The minimum absolute atomic E-state index is 0.0886. The number of nitrogens with one attached hydrogen (secondary N) is 1.